The Morgan fingerprint density at radius 3 is 2.57 bits per heavy atom. The minimum Gasteiger partial charge on any atom is -0.376 e. The van der Waals surface area contributed by atoms with Crippen LogP contribution in [0.4, 0.5) is 0 Å². The van der Waals surface area contributed by atoms with Gasteiger partial charge < -0.3 is 18.9 Å². The Bertz CT molecular complexity index is 474. The van der Waals surface area contributed by atoms with E-state index in [4.69, 9.17) is 18.9 Å². The van der Waals surface area contributed by atoms with Crippen molar-refractivity contribution in [1.82, 2.24) is 0 Å². The molecule has 1 unspecified atom stereocenters. The number of hydrogen-bond donors (Lipinski definition) is 0. The van der Waals surface area contributed by atoms with Gasteiger partial charge >= 0.3 is 0 Å². The minimum atomic E-state index is -0.530. The van der Waals surface area contributed by atoms with Crippen LogP contribution in [0.5, 0.6) is 0 Å². The Morgan fingerprint density at radius 2 is 2.00 bits per heavy atom. The lowest BCUT2D eigenvalue weighted by molar-refractivity contribution is -0.177. The van der Waals surface area contributed by atoms with Gasteiger partial charge in [0.15, 0.2) is 5.79 Å². The maximum absolute atomic E-state index is 5.99. The molecule has 0 N–H and O–H groups in total. The normalized spacial score (nSPS) is 24.3. The molecular weight excluding hydrogens is 292 g/mol. The van der Waals surface area contributed by atoms with E-state index in [2.05, 4.69) is 26.0 Å². The third kappa shape index (κ3) is 5.28. The first-order valence-electron chi connectivity index (χ1n) is 8.33. The fourth-order valence-corrected chi connectivity index (χ4v) is 3.04. The maximum atomic E-state index is 5.99. The zero-order valence-electron chi connectivity index (χ0n) is 15.0. The highest BCUT2D eigenvalue weighted by Gasteiger charge is 2.45. The summed E-state index contributed by atoms with van der Waals surface area (Å²) in [5.74, 6) is -0.159. The summed E-state index contributed by atoms with van der Waals surface area (Å²) in [4.78, 5) is 0. The van der Waals surface area contributed by atoms with E-state index in [1.54, 1.807) is 7.11 Å². The molecule has 0 bridgehead atoms. The van der Waals surface area contributed by atoms with Crippen LogP contribution in [0.2, 0.25) is 0 Å². The molecule has 4 heteroatoms. The van der Waals surface area contributed by atoms with Crippen molar-refractivity contribution in [3.8, 4) is 0 Å². The van der Waals surface area contributed by atoms with Crippen LogP contribution < -0.4 is 0 Å². The van der Waals surface area contributed by atoms with Gasteiger partial charge in [-0.05, 0) is 38.7 Å². The van der Waals surface area contributed by atoms with E-state index >= 15 is 0 Å². The maximum Gasteiger partial charge on any atom is 0.163 e. The predicted octanol–water partition coefficient (Wildman–Crippen LogP) is 3.79. The number of hydrogen-bond acceptors (Lipinski definition) is 4. The highest BCUT2D eigenvalue weighted by Crippen LogP contribution is 2.34. The fraction of sp³-hybridized carbons (Fsp3) is 0.684. The van der Waals surface area contributed by atoms with Gasteiger partial charge in [-0.2, -0.15) is 0 Å². The van der Waals surface area contributed by atoms with Gasteiger partial charge in [-0.3, -0.25) is 0 Å². The van der Waals surface area contributed by atoms with E-state index < -0.39 is 5.79 Å². The molecule has 1 aliphatic heterocycles. The van der Waals surface area contributed by atoms with E-state index in [0.717, 1.165) is 6.42 Å². The van der Waals surface area contributed by atoms with Gasteiger partial charge in [-0.15, -0.1) is 0 Å². The van der Waals surface area contributed by atoms with E-state index in [1.807, 2.05) is 32.0 Å². The average Bonchev–Trinajstić information content (AvgIpc) is 2.89. The van der Waals surface area contributed by atoms with Crippen LogP contribution in [-0.2, 0) is 25.6 Å². The van der Waals surface area contributed by atoms with E-state index in [9.17, 15) is 0 Å². The van der Waals surface area contributed by atoms with Gasteiger partial charge in [-0.25, -0.2) is 0 Å². The smallest absolute Gasteiger partial charge is 0.163 e. The Balaban J connectivity index is 1.81. The molecule has 4 nitrogen and oxygen atoms in total. The first kappa shape index (κ1) is 18.4. The van der Waals surface area contributed by atoms with Crippen LogP contribution in [0.25, 0.3) is 0 Å². The van der Waals surface area contributed by atoms with E-state index in [0.29, 0.717) is 25.7 Å². The Labute approximate surface area is 140 Å². The Kier molecular flexibility index (Phi) is 6.20. The van der Waals surface area contributed by atoms with Crippen LogP contribution in [0.15, 0.2) is 30.3 Å². The summed E-state index contributed by atoms with van der Waals surface area (Å²) in [6, 6.07) is 10.2. The molecule has 0 spiro atoms. The second kappa shape index (κ2) is 7.75. The van der Waals surface area contributed by atoms with Crippen molar-refractivity contribution in [2.24, 2.45) is 5.92 Å². The molecule has 1 aromatic carbocycles. The van der Waals surface area contributed by atoms with Crippen molar-refractivity contribution in [2.45, 2.75) is 58.2 Å². The third-order valence-electron chi connectivity index (χ3n) is 4.42. The zero-order chi connectivity index (χ0) is 16.9. The molecule has 1 fully saturated rings. The lowest BCUT2D eigenvalue weighted by Crippen LogP contribution is -2.45. The van der Waals surface area contributed by atoms with Crippen molar-refractivity contribution in [2.75, 3.05) is 20.3 Å². The number of benzene rings is 1. The van der Waals surface area contributed by atoms with Crippen LogP contribution >= 0.6 is 0 Å². The van der Waals surface area contributed by atoms with Crippen LogP contribution in [0.1, 0.15) is 39.7 Å². The summed E-state index contributed by atoms with van der Waals surface area (Å²) < 4.78 is 23.3. The summed E-state index contributed by atoms with van der Waals surface area (Å²) in [6.07, 6.45) is 0.807. The topological polar surface area (TPSA) is 36.9 Å². The van der Waals surface area contributed by atoms with Gasteiger partial charge in [0.05, 0.1) is 18.8 Å². The molecule has 0 saturated carbocycles. The second-order valence-electron chi connectivity index (χ2n) is 7.14. The number of methoxy groups -OCH3 is 1. The molecule has 1 aromatic rings. The first-order valence-corrected chi connectivity index (χ1v) is 8.33. The molecule has 0 aliphatic carbocycles. The summed E-state index contributed by atoms with van der Waals surface area (Å²) in [5.41, 5.74) is 0.826. The monoisotopic (exact) mass is 322 g/mol. The number of ether oxygens (including phenoxy) is 4. The van der Waals surface area contributed by atoms with Crippen molar-refractivity contribution in [1.29, 1.82) is 0 Å². The molecule has 23 heavy (non-hydrogen) atoms. The van der Waals surface area contributed by atoms with Gasteiger partial charge in [0.25, 0.3) is 0 Å². The molecule has 2 rings (SSSR count). The minimum absolute atomic E-state index is 0.0564. The summed E-state index contributed by atoms with van der Waals surface area (Å²) >= 11 is 0. The van der Waals surface area contributed by atoms with E-state index in [1.165, 1.54) is 5.56 Å². The van der Waals surface area contributed by atoms with Crippen molar-refractivity contribution < 1.29 is 18.9 Å². The molecule has 0 radical (unpaired) electrons. The zero-order valence-corrected chi connectivity index (χ0v) is 15.0. The molecule has 130 valence electrons. The Hall–Kier alpha value is -0.940. The van der Waals surface area contributed by atoms with E-state index in [-0.39, 0.29) is 11.7 Å². The molecular formula is C19H30O4. The molecule has 1 saturated heterocycles. The molecule has 3 atom stereocenters. The second-order valence-corrected chi connectivity index (χ2v) is 7.14. The van der Waals surface area contributed by atoms with Crippen molar-refractivity contribution in [3.63, 3.8) is 0 Å². The van der Waals surface area contributed by atoms with Gasteiger partial charge in [-0.1, -0.05) is 37.3 Å². The lowest BCUT2D eigenvalue weighted by atomic mass is 9.88. The SMILES string of the molecule is COC(C)(C[C@@H](C)COCc1ccccc1)[C@H]1COC(C)(C)O1. The summed E-state index contributed by atoms with van der Waals surface area (Å²) in [7, 11) is 1.74. The quantitative estimate of drug-likeness (QED) is 0.730. The number of rotatable bonds is 8. The van der Waals surface area contributed by atoms with Gasteiger partial charge in [0.2, 0.25) is 0 Å². The molecule has 0 aromatic heterocycles. The van der Waals surface area contributed by atoms with Crippen molar-refractivity contribution >= 4 is 0 Å². The van der Waals surface area contributed by atoms with Crippen LogP contribution in [-0.4, -0.2) is 37.8 Å². The fourth-order valence-electron chi connectivity index (χ4n) is 3.04. The van der Waals surface area contributed by atoms with Crippen LogP contribution in [0, 0.1) is 5.92 Å². The standard InChI is InChI=1S/C19H30O4/c1-15(12-21-13-16-9-7-6-8-10-16)11-19(4,20-5)17-14-22-18(2,3)23-17/h6-10,15,17H,11-14H2,1-5H3/t15-,17-,19?/m1/s1. The average molecular weight is 322 g/mol. The lowest BCUT2D eigenvalue weighted by Gasteiger charge is -2.35. The predicted molar refractivity (Wildman–Crippen MR) is 90.2 cm³/mol. The van der Waals surface area contributed by atoms with Gasteiger partial charge in [0.1, 0.15) is 6.10 Å². The highest BCUT2D eigenvalue weighted by atomic mass is 16.7. The largest absolute Gasteiger partial charge is 0.376 e. The third-order valence-corrected chi connectivity index (χ3v) is 4.42. The Morgan fingerprint density at radius 1 is 1.30 bits per heavy atom. The molecule has 1 aliphatic rings. The molecule has 1 heterocycles. The van der Waals surface area contributed by atoms with Gasteiger partial charge in [0, 0.05) is 13.7 Å². The first-order chi connectivity index (χ1) is 10.8. The van der Waals surface area contributed by atoms with Crippen LogP contribution in [0.3, 0.4) is 0 Å². The van der Waals surface area contributed by atoms with Crippen molar-refractivity contribution in [3.05, 3.63) is 35.9 Å². The molecule has 0 amide bonds. The summed E-state index contributed by atoms with van der Waals surface area (Å²) in [5, 5.41) is 0. The summed E-state index contributed by atoms with van der Waals surface area (Å²) in [6.45, 7) is 10.1. The highest BCUT2D eigenvalue weighted by molar-refractivity contribution is 5.13.